The van der Waals surface area contributed by atoms with E-state index in [9.17, 15) is 9.59 Å². The van der Waals surface area contributed by atoms with Gasteiger partial charge in [-0.25, -0.2) is 0 Å². The van der Waals surface area contributed by atoms with E-state index >= 15 is 0 Å². The number of nitrogens with one attached hydrogen (secondary N) is 1. The highest BCUT2D eigenvalue weighted by Crippen LogP contribution is 2.37. The van der Waals surface area contributed by atoms with E-state index in [-0.39, 0.29) is 17.6 Å². The van der Waals surface area contributed by atoms with Gasteiger partial charge in [-0.2, -0.15) is 0 Å². The number of carbonyl (C=O) groups excluding carboxylic acids is 2. The Labute approximate surface area is 127 Å². The minimum Gasteiger partial charge on any atom is -0.352 e. The van der Waals surface area contributed by atoms with Gasteiger partial charge in [-0.3, -0.25) is 9.59 Å². The summed E-state index contributed by atoms with van der Waals surface area (Å²) in [6, 6.07) is 0.495. The smallest absolute Gasteiger partial charge is 0.245 e. The molecular formula is C13H19N5O2S. The lowest BCUT2D eigenvalue weighted by molar-refractivity contribution is -0.147. The first-order valence-corrected chi connectivity index (χ1v) is 8.10. The lowest BCUT2D eigenvalue weighted by atomic mass is 9.99. The lowest BCUT2D eigenvalue weighted by Crippen LogP contribution is -2.63. The molecule has 2 aliphatic rings. The fourth-order valence-electron chi connectivity index (χ4n) is 2.48. The van der Waals surface area contributed by atoms with E-state index in [0.717, 1.165) is 18.0 Å². The van der Waals surface area contributed by atoms with Gasteiger partial charge in [0, 0.05) is 19.1 Å². The molecule has 3 rings (SSSR count). The Kier molecular flexibility index (Phi) is 3.64. The number of rotatable bonds is 4. The Hall–Kier alpha value is -1.57. The molecule has 0 bridgehead atoms. The Morgan fingerprint density at radius 1 is 1.52 bits per heavy atom. The molecule has 1 saturated carbocycles. The van der Waals surface area contributed by atoms with Gasteiger partial charge in [-0.05, 0) is 26.7 Å². The van der Waals surface area contributed by atoms with Crippen molar-refractivity contribution in [3.8, 4) is 0 Å². The van der Waals surface area contributed by atoms with Gasteiger partial charge < -0.3 is 14.8 Å². The highest BCUT2D eigenvalue weighted by Gasteiger charge is 2.40. The molecule has 0 spiro atoms. The van der Waals surface area contributed by atoms with Crippen molar-refractivity contribution in [3.63, 3.8) is 0 Å². The molecule has 21 heavy (non-hydrogen) atoms. The van der Waals surface area contributed by atoms with Gasteiger partial charge in [-0.1, -0.05) is 11.8 Å². The maximum Gasteiger partial charge on any atom is 0.245 e. The third-order valence-electron chi connectivity index (χ3n) is 3.96. The number of hydrogen-bond donors (Lipinski definition) is 1. The van der Waals surface area contributed by atoms with Crippen LogP contribution >= 0.6 is 11.8 Å². The molecule has 8 heteroatoms. The maximum atomic E-state index is 12.4. The summed E-state index contributed by atoms with van der Waals surface area (Å²) < 4.78 is 2.03. The molecule has 1 N–H and O–H groups in total. The standard InChI is InChI=1S/C13H19N5O2S/c1-13(2)11(20)14-5-6-18(13)10(19)7-21-12-16-15-8-17(12)9-3-4-9/h8-9H,3-7H2,1-2H3,(H,14,20). The van der Waals surface area contributed by atoms with E-state index in [0.29, 0.717) is 19.1 Å². The predicted molar refractivity (Wildman–Crippen MR) is 77.8 cm³/mol. The lowest BCUT2D eigenvalue weighted by Gasteiger charge is -2.41. The quantitative estimate of drug-likeness (QED) is 0.817. The highest BCUT2D eigenvalue weighted by atomic mass is 32.2. The second kappa shape index (κ2) is 5.32. The third-order valence-corrected chi connectivity index (χ3v) is 4.90. The molecule has 1 aliphatic heterocycles. The maximum absolute atomic E-state index is 12.4. The Balaban J connectivity index is 1.63. The van der Waals surface area contributed by atoms with Gasteiger partial charge in [0.15, 0.2) is 5.16 Å². The summed E-state index contributed by atoms with van der Waals surface area (Å²) in [6.45, 7) is 4.61. The zero-order valence-corrected chi connectivity index (χ0v) is 13.0. The van der Waals surface area contributed by atoms with Crippen LogP contribution in [-0.2, 0) is 9.59 Å². The van der Waals surface area contributed by atoms with Crippen LogP contribution < -0.4 is 5.32 Å². The summed E-state index contributed by atoms with van der Waals surface area (Å²) in [4.78, 5) is 25.9. The second-order valence-corrected chi connectivity index (χ2v) is 6.84. The van der Waals surface area contributed by atoms with Gasteiger partial charge >= 0.3 is 0 Å². The molecule has 2 amide bonds. The second-order valence-electron chi connectivity index (χ2n) is 5.90. The minimum atomic E-state index is -0.792. The first-order valence-electron chi connectivity index (χ1n) is 7.11. The number of hydrogen-bond acceptors (Lipinski definition) is 5. The molecule has 1 aromatic rings. The van der Waals surface area contributed by atoms with Crippen molar-refractivity contribution in [1.82, 2.24) is 25.0 Å². The van der Waals surface area contributed by atoms with E-state index < -0.39 is 5.54 Å². The van der Waals surface area contributed by atoms with E-state index in [1.54, 1.807) is 25.1 Å². The minimum absolute atomic E-state index is 0.0369. The number of nitrogens with zero attached hydrogens (tertiary/aromatic N) is 4. The molecule has 0 atom stereocenters. The molecule has 0 aromatic carbocycles. The number of amides is 2. The predicted octanol–water partition coefficient (Wildman–Crippen LogP) is 0.442. The molecule has 1 aliphatic carbocycles. The monoisotopic (exact) mass is 309 g/mol. The molecule has 7 nitrogen and oxygen atoms in total. The van der Waals surface area contributed by atoms with Crippen LogP contribution in [0.15, 0.2) is 11.5 Å². The van der Waals surface area contributed by atoms with Gasteiger partial charge in [0.05, 0.1) is 5.75 Å². The summed E-state index contributed by atoms with van der Waals surface area (Å²) >= 11 is 1.39. The Morgan fingerprint density at radius 3 is 3.00 bits per heavy atom. The Bertz CT molecular complexity index is 567. The molecule has 1 saturated heterocycles. The summed E-state index contributed by atoms with van der Waals surface area (Å²) in [5, 5.41) is 11.6. The van der Waals surface area contributed by atoms with Gasteiger partial charge in [-0.15, -0.1) is 10.2 Å². The van der Waals surface area contributed by atoms with Crippen molar-refractivity contribution in [2.45, 2.75) is 43.4 Å². The molecular weight excluding hydrogens is 290 g/mol. The first-order chi connectivity index (χ1) is 10.00. The van der Waals surface area contributed by atoms with E-state index in [1.807, 2.05) is 4.57 Å². The van der Waals surface area contributed by atoms with Crippen LogP contribution in [0.25, 0.3) is 0 Å². The van der Waals surface area contributed by atoms with Crippen LogP contribution in [0.2, 0.25) is 0 Å². The summed E-state index contributed by atoms with van der Waals surface area (Å²) in [5.74, 6) is 0.140. The van der Waals surface area contributed by atoms with Crippen molar-refractivity contribution >= 4 is 23.6 Å². The molecule has 2 fully saturated rings. The first kappa shape index (κ1) is 14.4. The number of thioether (sulfide) groups is 1. The van der Waals surface area contributed by atoms with Crippen molar-refractivity contribution in [2.75, 3.05) is 18.8 Å². The van der Waals surface area contributed by atoms with Crippen LogP contribution in [0, 0.1) is 0 Å². The van der Waals surface area contributed by atoms with Gasteiger partial charge in [0.1, 0.15) is 11.9 Å². The van der Waals surface area contributed by atoms with Crippen molar-refractivity contribution in [1.29, 1.82) is 0 Å². The highest BCUT2D eigenvalue weighted by molar-refractivity contribution is 7.99. The fraction of sp³-hybridized carbons (Fsp3) is 0.692. The van der Waals surface area contributed by atoms with Crippen molar-refractivity contribution < 1.29 is 9.59 Å². The summed E-state index contributed by atoms with van der Waals surface area (Å²) in [6.07, 6.45) is 4.03. The van der Waals surface area contributed by atoms with Gasteiger partial charge in [0.2, 0.25) is 11.8 Å². The number of piperazine rings is 1. The summed E-state index contributed by atoms with van der Waals surface area (Å²) in [7, 11) is 0. The zero-order valence-electron chi connectivity index (χ0n) is 12.2. The Morgan fingerprint density at radius 2 is 2.29 bits per heavy atom. The van der Waals surface area contributed by atoms with E-state index in [2.05, 4.69) is 15.5 Å². The van der Waals surface area contributed by atoms with E-state index in [4.69, 9.17) is 0 Å². The molecule has 114 valence electrons. The SMILES string of the molecule is CC1(C)C(=O)NCCN1C(=O)CSc1nncn1C1CC1. The zero-order chi connectivity index (χ0) is 15.0. The molecule has 0 unspecified atom stereocenters. The normalized spacial score (nSPS) is 21.2. The molecule has 1 aromatic heterocycles. The van der Waals surface area contributed by atoms with Crippen LogP contribution in [0.1, 0.15) is 32.7 Å². The van der Waals surface area contributed by atoms with Crippen molar-refractivity contribution in [2.24, 2.45) is 0 Å². The largest absolute Gasteiger partial charge is 0.352 e. The van der Waals surface area contributed by atoms with Crippen LogP contribution in [0.3, 0.4) is 0 Å². The average Bonchev–Trinajstić information content (AvgIpc) is 3.18. The molecule has 2 heterocycles. The fourth-order valence-corrected chi connectivity index (χ4v) is 3.34. The van der Waals surface area contributed by atoms with Crippen LogP contribution in [0.5, 0.6) is 0 Å². The number of carbonyl (C=O) groups is 2. The topological polar surface area (TPSA) is 80.1 Å². The van der Waals surface area contributed by atoms with Crippen molar-refractivity contribution in [3.05, 3.63) is 6.33 Å². The molecule has 0 radical (unpaired) electrons. The number of aromatic nitrogens is 3. The van der Waals surface area contributed by atoms with Gasteiger partial charge in [0.25, 0.3) is 0 Å². The van der Waals surface area contributed by atoms with Crippen LogP contribution in [0.4, 0.5) is 0 Å². The van der Waals surface area contributed by atoms with E-state index in [1.165, 1.54) is 11.8 Å². The van der Waals surface area contributed by atoms with Crippen LogP contribution in [-0.4, -0.2) is 55.9 Å². The average molecular weight is 309 g/mol. The summed E-state index contributed by atoms with van der Waals surface area (Å²) in [5.41, 5.74) is -0.792. The third kappa shape index (κ3) is 2.76.